The lowest BCUT2D eigenvalue weighted by Crippen LogP contribution is -2.11. The summed E-state index contributed by atoms with van der Waals surface area (Å²) in [6.45, 7) is 1.71. The summed E-state index contributed by atoms with van der Waals surface area (Å²) in [5, 5.41) is 2.51. The van der Waals surface area contributed by atoms with Crippen molar-refractivity contribution < 1.29 is 13.6 Å². The maximum absolute atomic E-state index is 12.9. The Kier molecular flexibility index (Phi) is 1.84. The van der Waals surface area contributed by atoms with Crippen LogP contribution in [0.5, 0.6) is 0 Å². The van der Waals surface area contributed by atoms with Gasteiger partial charge in [0.1, 0.15) is 0 Å². The standard InChI is InChI=1S/C10H7F2NO/c1-2-9-5-3-7(11)8(12)4-6(5)10(14)13-9/h2-4H,1H3,(H,13,14). The quantitative estimate of drug-likeness (QED) is 0.674. The highest BCUT2D eigenvalue weighted by Gasteiger charge is 2.25. The van der Waals surface area contributed by atoms with Crippen molar-refractivity contribution in [3.63, 3.8) is 0 Å². The summed E-state index contributed by atoms with van der Waals surface area (Å²) in [4.78, 5) is 11.3. The van der Waals surface area contributed by atoms with Gasteiger partial charge in [-0.15, -0.1) is 0 Å². The van der Waals surface area contributed by atoms with Gasteiger partial charge in [-0.05, 0) is 19.1 Å². The lowest BCUT2D eigenvalue weighted by molar-refractivity contribution is 0.0980. The van der Waals surface area contributed by atoms with Gasteiger partial charge in [0, 0.05) is 11.3 Å². The number of nitrogens with one attached hydrogen (secondary N) is 1. The van der Waals surface area contributed by atoms with Crippen LogP contribution in [-0.2, 0) is 0 Å². The molecule has 1 heterocycles. The van der Waals surface area contributed by atoms with Crippen LogP contribution in [0.1, 0.15) is 22.8 Å². The van der Waals surface area contributed by atoms with Gasteiger partial charge in [0.05, 0.1) is 5.56 Å². The molecule has 1 aromatic carbocycles. The predicted molar refractivity (Wildman–Crippen MR) is 47.5 cm³/mol. The van der Waals surface area contributed by atoms with Crippen molar-refractivity contribution in [1.82, 2.24) is 5.32 Å². The van der Waals surface area contributed by atoms with E-state index in [-0.39, 0.29) is 5.56 Å². The molecule has 72 valence electrons. The van der Waals surface area contributed by atoms with Gasteiger partial charge in [-0.2, -0.15) is 0 Å². The third-order valence-corrected chi connectivity index (χ3v) is 2.13. The Morgan fingerprint density at radius 2 is 1.79 bits per heavy atom. The molecule has 0 spiro atoms. The number of carbonyl (C=O) groups is 1. The van der Waals surface area contributed by atoms with E-state index in [9.17, 15) is 13.6 Å². The van der Waals surface area contributed by atoms with E-state index in [4.69, 9.17) is 0 Å². The molecule has 2 nitrogen and oxygen atoms in total. The molecular weight excluding hydrogens is 188 g/mol. The van der Waals surface area contributed by atoms with Crippen molar-refractivity contribution in [2.45, 2.75) is 6.92 Å². The average Bonchev–Trinajstić information content (AvgIpc) is 2.45. The summed E-state index contributed by atoms with van der Waals surface area (Å²) in [7, 11) is 0. The molecule has 0 atom stereocenters. The summed E-state index contributed by atoms with van der Waals surface area (Å²) >= 11 is 0. The van der Waals surface area contributed by atoms with Gasteiger partial charge in [-0.3, -0.25) is 4.79 Å². The number of hydrogen-bond donors (Lipinski definition) is 1. The van der Waals surface area contributed by atoms with Crippen LogP contribution in [0.3, 0.4) is 0 Å². The molecule has 0 unspecified atom stereocenters. The number of rotatable bonds is 0. The number of fused-ring (bicyclic) bond motifs is 1. The first-order chi connectivity index (χ1) is 6.63. The SMILES string of the molecule is CC=C1NC(=O)c2cc(F)c(F)cc21. The number of amides is 1. The minimum Gasteiger partial charge on any atom is -0.322 e. The monoisotopic (exact) mass is 195 g/mol. The molecule has 1 aromatic rings. The fourth-order valence-corrected chi connectivity index (χ4v) is 1.44. The molecule has 0 aromatic heterocycles. The van der Waals surface area contributed by atoms with E-state index < -0.39 is 17.5 Å². The molecule has 0 saturated carbocycles. The van der Waals surface area contributed by atoms with Gasteiger partial charge >= 0.3 is 0 Å². The minimum absolute atomic E-state index is 0.178. The Hall–Kier alpha value is -1.71. The molecular formula is C10H7F2NO. The fourth-order valence-electron chi connectivity index (χ4n) is 1.44. The van der Waals surface area contributed by atoms with Gasteiger partial charge < -0.3 is 5.32 Å². The lowest BCUT2D eigenvalue weighted by atomic mass is 10.1. The summed E-state index contributed by atoms with van der Waals surface area (Å²) < 4.78 is 25.7. The Bertz CT molecular complexity index is 452. The minimum atomic E-state index is -1.00. The first-order valence-electron chi connectivity index (χ1n) is 4.10. The van der Waals surface area contributed by atoms with Crippen LogP contribution in [-0.4, -0.2) is 5.91 Å². The van der Waals surface area contributed by atoms with E-state index in [1.807, 2.05) is 0 Å². The highest BCUT2D eigenvalue weighted by molar-refractivity contribution is 6.09. The van der Waals surface area contributed by atoms with Crippen LogP contribution in [0.25, 0.3) is 5.70 Å². The van der Waals surface area contributed by atoms with Crippen LogP contribution < -0.4 is 5.32 Å². The van der Waals surface area contributed by atoms with Crippen molar-refractivity contribution in [3.05, 3.63) is 41.0 Å². The lowest BCUT2D eigenvalue weighted by Gasteiger charge is -1.98. The number of hydrogen-bond acceptors (Lipinski definition) is 1. The smallest absolute Gasteiger partial charge is 0.256 e. The molecule has 1 amide bonds. The molecule has 0 fully saturated rings. The Morgan fingerprint density at radius 1 is 1.21 bits per heavy atom. The van der Waals surface area contributed by atoms with Crippen molar-refractivity contribution in [2.75, 3.05) is 0 Å². The number of carbonyl (C=O) groups excluding carboxylic acids is 1. The molecule has 1 N–H and O–H groups in total. The van der Waals surface area contributed by atoms with Gasteiger partial charge in [-0.1, -0.05) is 6.08 Å². The van der Waals surface area contributed by atoms with Crippen LogP contribution in [0.15, 0.2) is 18.2 Å². The van der Waals surface area contributed by atoms with Crippen molar-refractivity contribution >= 4 is 11.6 Å². The zero-order valence-corrected chi connectivity index (χ0v) is 7.40. The summed E-state index contributed by atoms with van der Waals surface area (Å²) in [6.07, 6.45) is 1.64. The average molecular weight is 195 g/mol. The largest absolute Gasteiger partial charge is 0.322 e. The van der Waals surface area contributed by atoms with Crippen LogP contribution in [0, 0.1) is 11.6 Å². The molecule has 0 bridgehead atoms. The molecule has 1 aliphatic rings. The fraction of sp³-hybridized carbons (Fsp3) is 0.100. The summed E-state index contributed by atoms with van der Waals surface area (Å²) in [5.74, 6) is -2.34. The van der Waals surface area contributed by atoms with Gasteiger partial charge in [0.15, 0.2) is 11.6 Å². The Balaban J connectivity index is 2.70. The summed E-state index contributed by atoms with van der Waals surface area (Å²) in [6, 6.07) is 1.94. The molecule has 0 aliphatic carbocycles. The van der Waals surface area contributed by atoms with E-state index in [0.29, 0.717) is 11.3 Å². The van der Waals surface area contributed by atoms with E-state index >= 15 is 0 Å². The number of halogens is 2. The highest BCUT2D eigenvalue weighted by atomic mass is 19.2. The van der Waals surface area contributed by atoms with Gasteiger partial charge in [0.2, 0.25) is 0 Å². The van der Waals surface area contributed by atoms with Gasteiger partial charge in [0.25, 0.3) is 5.91 Å². The van der Waals surface area contributed by atoms with Crippen molar-refractivity contribution in [3.8, 4) is 0 Å². The number of benzene rings is 1. The second kappa shape index (κ2) is 2.90. The molecule has 1 aliphatic heterocycles. The second-order valence-electron chi connectivity index (χ2n) is 2.97. The van der Waals surface area contributed by atoms with E-state index in [2.05, 4.69) is 5.32 Å². The van der Waals surface area contributed by atoms with Crippen LogP contribution >= 0.6 is 0 Å². The van der Waals surface area contributed by atoms with Crippen molar-refractivity contribution in [1.29, 1.82) is 0 Å². The highest BCUT2D eigenvalue weighted by Crippen LogP contribution is 2.26. The Labute approximate surface area is 79.2 Å². The molecule has 2 rings (SSSR count). The molecule has 0 radical (unpaired) electrons. The van der Waals surface area contributed by atoms with Crippen LogP contribution in [0.2, 0.25) is 0 Å². The molecule has 0 saturated heterocycles. The molecule has 4 heteroatoms. The number of allylic oxidation sites excluding steroid dienone is 1. The van der Waals surface area contributed by atoms with Crippen molar-refractivity contribution in [2.24, 2.45) is 0 Å². The zero-order valence-electron chi connectivity index (χ0n) is 7.40. The Morgan fingerprint density at radius 3 is 2.36 bits per heavy atom. The third-order valence-electron chi connectivity index (χ3n) is 2.13. The van der Waals surface area contributed by atoms with E-state index in [0.717, 1.165) is 12.1 Å². The maximum atomic E-state index is 12.9. The zero-order chi connectivity index (χ0) is 10.3. The third kappa shape index (κ3) is 1.11. The van der Waals surface area contributed by atoms with Crippen LogP contribution in [0.4, 0.5) is 8.78 Å². The molecule has 14 heavy (non-hydrogen) atoms. The predicted octanol–water partition coefficient (Wildman–Crippen LogP) is 2.07. The summed E-state index contributed by atoms with van der Waals surface area (Å²) in [5.41, 5.74) is 1.11. The maximum Gasteiger partial charge on any atom is 0.256 e. The van der Waals surface area contributed by atoms with E-state index in [1.54, 1.807) is 13.0 Å². The first-order valence-corrected chi connectivity index (χ1v) is 4.10. The topological polar surface area (TPSA) is 29.1 Å². The first kappa shape index (κ1) is 8.87. The van der Waals surface area contributed by atoms with Gasteiger partial charge in [-0.25, -0.2) is 8.78 Å². The normalized spacial score (nSPS) is 17.1. The van der Waals surface area contributed by atoms with E-state index in [1.165, 1.54) is 0 Å². The second-order valence-corrected chi connectivity index (χ2v) is 2.97.